The Morgan fingerprint density at radius 1 is 1.07 bits per heavy atom. The zero-order valence-electron chi connectivity index (χ0n) is 16.4. The van der Waals surface area contributed by atoms with Gasteiger partial charge in [-0.3, -0.25) is 9.69 Å². The van der Waals surface area contributed by atoms with Crippen molar-refractivity contribution in [2.45, 2.75) is 18.9 Å². The van der Waals surface area contributed by atoms with Crippen molar-refractivity contribution in [3.63, 3.8) is 0 Å². The molecule has 0 spiro atoms. The van der Waals surface area contributed by atoms with Gasteiger partial charge in [0.25, 0.3) is 0 Å². The van der Waals surface area contributed by atoms with E-state index in [2.05, 4.69) is 45.5 Å². The molecule has 4 rings (SSSR count). The van der Waals surface area contributed by atoms with Gasteiger partial charge in [-0.1, -0.05) is 29.8 Å². The van der Waals surface area contributed by atoms with E-state index in [1.54, 1.807) is 0 Å². The SMILES string of the molecule is O=C1CCc2cc(/C=C/C(CO)N3CCN(c4ccc(Cl)cc4)CC3)ccc2N1. The van der Waals surface area contributed by atoms with Crippen LogP contribution >= 0.6 is 11.6 Å². The first-order chi connectivity index (χ1) is 14.1. The van der Waals surface area contributed by atoms with Gasteiger partial charge in [0.2, 0.25) is 5.91 Å². The van der Waals surface area contributed by atoms with Crippen LogP contribution in [0.25, 0.3) is 6.08 Å². The number of piperazine rings is 1. The van der Waals surface area contributed by atoms with Crippen LogP contribution in [0, 0.1) is 0 Å². The van der Waals surface area contributed by atoms with Gasteiger partial charge in [0, 0.05) is 49.0 Å². The average molecular weight is 412 g/mol. The number of carbonyl (C=O) groups excluding carboxylic acids is 1. The third-order valence-electron chi connectivity index (χ3n) is 5.70. The number of hydrogen-bond donors (Lipinski definition) is 2. The van der Waals surface area contributed by atoms with Crippen LogP contribution in [0.5, 0.6) is 0 Å². The maximum atomic E-state index is 11.5. The number of anilines is 2. The number of aryl methyl sites for hydroxylation is 1. The number of aliphatic hydroxyl groups is 1. The Morgan fingerprint density at radius 2 is 1.83 bits per heavy atom. The molecule has 2 heterocycles. The second-order valence-electron chi connectivity index (χ2n) is 7.57. The van der Waals surface area contributed by atoms with Crippen molar-refractivity contribution in [2.24, 2.45) is 0 Å². The summed E-state index contributed by atoms with van der Waals surface area (Å²) in [5, 5.41) is 13.6. The number of halogens is 1. The normalized spacial score (nSPS) is 18.6. The van der Waals surface area contributed by atoms with Crippen molar-refractivity contribution >= 4 is 35.0 Å². The molecule has 152 valence electrons. The van der Waals surface area contributed by atoms with E-state index in [-0.39, 0.29) is 18.6 Å². The standard InChI is InChI=1S/C23H26ClN3O2/c24-19-4-7-20(8-5-19)26-11-13-27(14-12-26)21(16-28)6-1-17-2-9-22-18(15-17)3-10-23(29)25-22/h1-2,4-9,15,21,28H,3,10-14,16H2,(H,25,29)/b6-1+. The van der Waals surface area contributed by atoms with E-state index in [0.717, 1.165) is 48.9 Å². The zero-order chi connectivity index (χ0) is 20.2. The minimum atomic E-state index is -0.00176. The number of hydrogen-bond acceptors (Lipinski definition) is 4. The molecule has 1 unspecified atom stereocenters. The summed E-state index contributed by atoms with van der Waals surface area (Å²) < 4.78 is 0. The van der Waals surface area contributed by atoms with Crippen molar-refractivity contribution in [3.8, 4) is 0 Å². The van der Waals surface area contributed by atoms with Crippen molar-refractivity contribution in [3.05, 3.63) is 64.7 Å². The lowest BCUT2D eigenvalue weighted by Gasteiger charge is -2.38. The Hall–Kier alpha value is -2.34. The van der Waals surface area contributed by atoms with Gasteiger partial charge in [-0.05, 0) is 53.9 Å². The molecule has 0 aliphatic carbocycles. The van der Waals surface area contributed by atoms with E-state index < -0.39 is 0 Å². The molecule has 2 aromatic rings. The Labute approximate surface area is 176 Å². The number of aliphatic hydroxyl groups excluding tert-OH is 1. The minimum absolute atomic E-state index is 0.00176. The van der Waals surface area contributed by atoms with Crippen LogP contribution in [-0.4, -0.2) is 54.7 Å². The highest BCUT2D eigenvalue weighted by Crippen LogP contribution is 2.24. The van der Waals surface area contributed by atoms with Crippen molar-refractivity contribution < 1.29 is 9.90 Å². The molecule has 2 N–H and O–H groups in total. The Morgan fingerprint density at radius 3 is 2.55 bits per heavy atom. The summed E-state index contributed by atoms with van der Waals surface area (Å²) in [5.41, 5.74) is 4.36. The van der Waals surface area contributed by atoms with E-state index in [0.29, 0.717) is 6.42 Å². The predicted octanol–water partition coefficient (Wildman–Crippen LogP) is 3.42. The largest absolute Gasteiger partial charge is 0.394 e. The van der Waals surface area contributed by atoms with E-state index in [1.807, 2.05) is 24.3 Å². The molecule has 1 saturated heterocycles. The summed E-state index contributed by atoms with van der Waals surface area (Å²) in [7, 11) is 0. The summed E-state index contributed by atoms with van der Waals surface area (Å²) >= 11 is 5.98. The molecule has 0 bridgehead atoms. The molecule has 29 heavy (non-hydrogen) atoms. The molecule has 1 amide bonds. The Balaban J connectivity index is 1.37. The summed E-state index contributed by atoms with van der Waals surface area (Å²) in [6, 6.07) is 14.0. The summed E-state index contributed by atoms with van der Waals surface area (Å²) in [4.78, 5) is 16.2. The second-order valence-corrected chi connectivity index (χ2v) is 8.01. The third kappa shape index (κ3) is 4.81. The van der Waals surface area contributed by atoms with Gasteiger partial charge in [0.1, 0.15) is 0 Å². The number of benzene rings is 2. The first-order valence-electron chi connectivity index (χ1n) is 10.1. The highest BCUT2D eigenvalue weighted by molar-refractivity contribution is 6.30. The Bertz CT molecular complexity index is 889. The number of fused-ring (bicyclic) bond motifs is 1. The summed E-state index contributed by atoms with van der Waals surface area (Å²) in [6.07, 6.45) is 5.47. The smallest absolute Gasteiger partial charge is 0.224 e. The number of nitrogens with one attached hydrogen (secondary N) is 1. The number of carbonyl (C=O) groups is 1. The average Bonchev–Trinajstić information content (AvgIpc) is 2.75. The lowest BCUT2D eigenvalue weighted by atomic mass is 10.00. The van der Waals surface area contributed by atoms with E-state index in [4.69, 9.17) is 11.6 Å². The van der Waals surface area contributed by atoms with Gasteiger partial charge in [-0.25, -0.2) is 0 Å². The van der Waals surface area contributed by atoms with Gasteiger partial charge in [0.15, 0.2) is 0 Å². The predicted molar refractivity (Wildman–Crippen MR) is 119 cm³/mol. The number of amides is 1. The molecule has 2 aliphatic heterocycles. The minimum Gasteiger partial charge on any atom is -0.394 e. The zero-order valence-corrected chi connectivity index (χ0v) is 17.1. The summed E-state index contributed by atoms with van der Waals surface area (Å²) in [6.45, 7) is 3.73. The maximum Gasteiger partial charge on any atom is 0.224 e. The quantitative estimate of drug-likeness (QED) is 0.791. The topological polar surface area (TPSA) is 55.8 Å². The molecule has 1 atom stereocenters. The Kier molecular flexibility index (Phi) is 6.19. The van der Waals surface area contributed by atoms with Crippen LogP contribution in [-0.2, 0) is 11.2 Å². The molecule has 1 fully saturated rings. The first kappa shape index (κ1) is 20.0. The maximum absolute atomic E-state index is 11.5. The van der Waals surface area contributed by atoms with Crippen LogP contribution in [0.2, 0.25) is 5.02 Å². The summed E-state index contributed by atoms with van der Waals surface area (Å²) in [5.74, 6) is 0.0823. The molecular formula is C23H26ClN3O2. The molecule has 0 saturated carbocycles. The monoisotopic (exact) mass is 411 g/mol. The molecular weight excluding hydrogens is 386 g/mol. The molecule has 2 aromatic carbocycles. The fraction of sp³-hybridized carbons (Fsp3) is 0.348. The van der Waals surface area contributed by atoms with Crippen LogP contribution in [0.15, 0.2) is 48.5 Å². The van der Waals surface area contributed by atoms with Crippen molar-refractivity contribution in [1.82, 2.24) is 4.90 Å². The van der Waals surface area contributed by atoms with Gasteiger partial charge in [-0.2, -0.15) is 0 Å². The van der Waals surface area contributed by atoms with Crippen LogP contribution in [0.3, 0.4) is 0 Å². The molecule has 0 aromatic heterocycles. The molecule has 6 heteroatoms. The third-order valence-corrected chi connectivity index (χ3v) is 5.95. The fourth-order valence-corrected chi connectivity index (χ4v) is 4.12. The molecule has 5 nitrogen and oxygen atoms in total. The van der Waals surface area contributed by atoms with E-state index in [1.165, 1.54) is 11.3 Å². The van der Waals surface area contributed by atoms with Crippen LogP contribution < -0.4 is 10.2 Å². The highest BCUT2D eigenvalue weighted by Gasteiger charge is 2.22. The highest BCUT2D eigenvalue weighted by atomic mass is 35.5. The van der Waals surface area contributed by atoms with Gasteiger partial charge in [-0.15, -0.1) is 0 Å². The van der Waals surface area contributed by atoms with Gasteiger partial charge < -0.3 is 15.3 Å². The fourth-order valence-electron chi connectivity index (χ4n) is 3.99. The number of rotatable bonds is 5. The van der Waals surface area contributed by atoms with E-state index >= 15 is 0 Å². The molecule has 0 radical (unpaired) electrons. The second kappa shape index (κ2) is 8.99. The van der Waals surface area contributed by atoms with E-state index in [9.17, 15) is 9.90 Å². The van der Waals surface area contributed by atoms with Gasteiger partial charge >= 0.3 is 0 Å². The van der Waals surface area contributed by atoms with Crippen molar-refractivity contribution in [2.75, 3.05) is 43.0 Å². The lowest BCUT2D eigenvalue weighted by Crippen LogP contribution is -2.50. The number of nitrogens with zero attached hydrogens (tertiary/aromatic N) is 2. The van der Waals surface area contributed by atoms with Crippen molar-refractivity contribution in [1.29, 1.82) is 0 Å². The van der Waals surface area contributed by atoms with Crippen LogP contribution in [0.4, 0.5) is 11.4 Å². The van der Waals surface area contributed by atoms with Gasteiger partial charge in [0.05, 0.1) is 12.6 Å². The van der Waals surface area contributed by atoms with Crippen LogP contribution in [0.1, 0.15) is 17.5 Å². The molecule has 2 aliphatic rings. The lowest BCUT2D eigenvalue weighted by molar-refractivity contribution is -0.116. The first-order valence-corrected chi connectivity index (χ1v) is 10.5.